The van der Waals surface area contributed by atoms with Gasteiger partial charge in [0.1, 0.15) is 11.6 Å². The van der Waals surface area contributed by atoms with E-state index in [-0.39, 0.29) is 12.4 Å². The number of ether oxygens (including phenoxy) is 1. The molecule has 1 aromatic heterocycles. The van der Waals surface area contributed by atoms with E-state index in [1.165, 1.54) is 49.3 Å². The van der Waals surface area contributed by atoms with Gasteiger partial charge >= 0.3 is 0 Å². The van der Waals surface area contributed by atoms with E-state index in [1.54, 1.807) is 0 Å². The average Bonchev–Trinajstić information content (AvgIpc) is 3.02. The van der Waals surface area contributed by atoms with E-state index in [1.807, 2.05) is 6.20 Å². The van der Waals surface area contributed by atoms with E-state index in [2.05, 4.69) is 51.2 Å². The van der Waals surface area contributed by atoms with Crippen LogP contribution in [0.15, 0.2) is 30.6 Å². The smallest absolute Gasteiger partial charge is 0.122 e. The second kappa shape index (κ2) is 8.05. The number of aromatic nitrogens is 2. The van der Waals surface area contributed by atoms with Crippen molar-refractivity contribution >= 4 is 12.4 Å². The maximum atomic E-state index is 5.66. The molecule has 152 valence electrons. The van der Waals surface area contributed by atoms with Gasteiger partial charge in [-0.1, -0.05) is 12.1 Å². The summed E-state index contributed by atoms with van der Waals surface area (Å²) >= 11 is 0. The van der Waals surface area contributed by atoms with Crippen molar-refractivity contribution in [2.75, 3.05) is 26.2 Å². The van der Waals surface area contributed by atoms with Crippen LogP contribution in [-0.4, -0.2) is 46.7 Å². The van der Waals surface area contributed by atoms with E-state index in [4.69, 9.17) is 4.74 Å². The molecule has 28 heavy (non-hydrogen) atoms. The standard InChI is InChI=1S/C22H30N4O.ClH/c1-25-12-10-24-21(25)16-26(20-15-22(20)6-8-23-9-7-22)11-4-17-2-3-19-18(14-17)5-13-27-19;/h2-3,10,12,14,20,23H,4-9,11,13,15-16H2,1H3;1H. The lowest BCUT2D eigenvalue weighted by atomic mass is 9.93. The van der Waals surface area contributed by atoms with Gasteiger partial charge in [0.15, 0.2) is 0 Å². The summed E-state index contributed by atoms with van der Waals surface area (Å²) in [5, 5.41) is 3.53. The highest BCUT2D eigenvalue weighted by Gasteiger charge is 2.56. The van der Waals surface area contributed by atoms with Gasteiger partial charge in [0, 0.05) is 38.4 Å². The van der Waals surface area contributed by atoms with Gasteiger partial charge < -0.3 is 14.6 Å². The minimum absolute atomic E-state index is 0. The predicted octanol–water partition coefficient (Wildman–Crippen LogP) is 2.96. The lowest BCUT2D eigenvalue weighted by Gasteiger charge is -2.29. The fourth-order valence-electron chi connectivity index (χ4n) is 5.05. The normalized spacial score (nSPS) is 22.0. The monoisotopic (exact) mass is 402 g/mol. The molecule has 3 heterocycles. The lowest BCUT2D eigenvalue weighted by Crippen LogP contribution is -2.37. The van der Waals surface area contributed by atoms with Crippen molar-refractivity contribution in [2.45, 2.75) is 44.7 Å². The first-order chi connectivity index (χ1) is 13.2. The Bertz CT molecular complexity index is 815. The summed E-state index contributed by atoms with van der Waals surface area (Å²) in [4.78, 5) is 7.30. The topological polar surface area (TPSA) is 42.3 Å². The highest BCUT2D eigenvalue weighted by molar-refractivity contribution is 5.85. The van der Waals surface area contributed by atoms with Crippen molar-refractivity contribution in [3.05, 3.63) is 47.5 Å². The highest BCUT2D eigenvalue weighted by Crippen LogP contribution is 2.56. The number of halogens is 1. The Balaban J connectivity index is 0.00000192. The molecule has 0 radical (unpaired) electrons. The molecule has 1 saturated carbocycles. The summed E-state index contributed by atoms with van der Waals surface area (Å²) in [5.41, 5.74) is 3.37. The Hall–Kier alpha value is -1.56. The molecule has 1 saturated heterocycles. The lowest BCUT2D eigenvalue weighted by molar-refractivity contribution is 0.192. The molecule has 6 heteroatoms. The van der Waals surface area contributed by atoms with Crippen LogP contribution in [0, 0.1) is 5.41 Å². The largest absolute Gasteiger partial charge is 0.493 e. The minimum atomic E-state index is 0. The summed E-state index contributed by atoms with van der Waals surface area (Å²) in [7, 11) is 2.11. The molecule has 1 atom stereocenters. The summed E-state index contributed by atoms with van der Waals surface area (Å²) in [6.07, 6.45) is 10.1. The van der Waals surface area contributed by atoms with Gasteiger partial charge in [0.05, 0.1) is 13.2 Å². The van der Waals surface area contributed by atoms with Crippen molar-refractivity contribution in [1.82, 2.24) is 19.8 Å². The Morgan fingerprint density at radius 3 is 2.96 bits per heavy atom. The van der Waals surface area contributed by atoms with E-state index in [0.717, 1.165) is 38.3 Å². The zero-order chi connectivity index (χ0) is 18.3. The summed E-state index contributed by atoms with van der Waals surface area (Å²) in [6, 6.07) is 7.48. The quantitative estimate of drug-likeness (QED) is 0.806. The molecule has 1 N–H and O–H groups in total. The fraction of sp³-hybridized carbons (Fsp3) is 0.591. The summed E-state index contributed by atoms with van der Waals surface area (Å²) in [5.74, 6) is 2.26. The van der Waals surface area contributed by atoms with Crippen molar-refractivity contribution in [2.24, 2.45) is 12.5 Å². The molecule has 3 aliphatic rings. The maximum Gasteiger partial charge on any atom is 0.122 e. The van der Waals surface area contributed by atoms with Crippen LogP contribution >= 0.6 is 12.4 Å². The number of aryl methyl sites for hydroxylation is 1. The molecule has 2 aromatic rings. The van der Waals surface area contributed by atoms with Gasteiger partial charge in [-0.15, -0.1) is 12.4 Å². The van der Waals surface area contributed by atoms with Crippen LogP contribution < -0.4 is 10.1 Å². The second-order valence-corrected chi connectivity index (χ2v) is 8.55. The van der Waals surface area contributed by atoms with E-state index >= 15 is 0 Å². The van der Waals surface area contributed by atoms with Crippen LogP contribution in [0.25, 0.3) is 0 Å². The fourth-order valence-corrected chi connectivity index (χ4v) is 5.05. The van der Waals surface area contributed by atoms with Crippen LogP contribution in [-0.2, 0) is 26.4 Å². The number of benzene rings is 1. The average molecular weight is 403 g/mol. The van der Waals surface area contributed by atoms with Crippen molar-refractivity contribution in [3.63, 3.8) is 0 Å². The van der Waals surface area contributed by atoms with Crippen LogP contribution in [0.5, 0.6) is 5.75 Å². The Morgan fingerprint density at radius 2 is 2.18 bits per heavy atom. The molecule has 0 bridgehead atoms. The predicted molar refractivity (Wildman–Crippen MR) is 113 cm³/mol. The van der Waals surface area contributed by atoms with Gasteiger partial charge in [-0.05, 0) is 61.4 Å². The number of nitrogens with zero attached hydrogens (tertiary/aromatic N) is 3. The van der Waals surface area contributed by atoms with Gasteiger partial charge in [0.2, 0.25) is 0 Å². The van der Waals surface area contributed by atoms with Crippen molar-refractivity contribution in [1.29, 1.82) is 0 Å². The van der Waals surface area contributed by atoms with Crippen LogP contribution in [0.1, 0.15) is 36.2 Å². The zero-order valence-corrected chi connectivity index (χ0v) is 17.5. The summed E-state index contributed by atoms with van der Waals surface area (Å²) in [6.45, 7) is 5.25. The number of fused-ring (bicyclic) bond motifs is 1. The van der Waals surface area contributed by atoms with Gasteiger partial charge in [-0.3, -0.25) is 4.90 Å². The molecule has 1 aliphatic carbocycles. The third kappa shape index (κ3) is 3.80. The minimum Gasteiger partial charge on any atom is -0.493 e. The molecular formula is C22H31ClN4O. The van der Waals surface area contributed by atoms with Crippen molar-refractivity contribution < 1.29 is 4.74 Å². The first-order valence-corrected chi connectivity index (χ1v) is 10.4. The van der Waals surface area contributed by atoms with Gasteiger partial charge in [0.25, 0.3) is 0 Å². The maximum absolute atomic E-state index is 5.66. The molecule has 2 fully saturated rings. The third-order valence-electron chi connectivity index (χ3n) is 6.89. The highest BCUT2D eigenvalue weighted by atomic mass is 35.5. The summed E-state index contributed by atoms with van der Waals surface area (Å²) < 4.78 is 7.82. The van der Waals surface area contributed by atoms with E-state index in [0.29, 0.717) is 11.5 Å². The number of nitrogens with one attached hydrogen (secondary N) is 1. The third-order valence-corrected chi connectivity index (χ3v) is 6.89. The van der Waals surface area contributed by atoms with Crippen LogP contribution in [0.3, 0.4) is 0 Å². The van der Waals surface area contributed by atoms with Gasteiger partial charge in [-0.25, -0.2) is 4.98 Å². The molecule has 0 amide bonds. The van der Waals surface area contributed by atoms with E-state index < -0.39 is 0 Å². The number of rotatable bonds is 6. The molecule has 1 unspecified atom stereocenters. The second-order valence-electron chi connectivity index (χ2n) is 8.55. The number of hydrogen-bond acceptors (Lipinski definition) is 4. The first kappa shape index (κ1) is 19.7. The SMILES string of the molecule is Cl.Cn1ccnc1CN(CCc1ccc2c(c1)CCO2)C1CC12CCNCC2. The molecule has 5 rings (SSSR count). The Labute approximate surface area is 173 Å². The first-order valence-electron chi connectivity index (χ1n) is 10.4. The Kier molecular flexibility index (Phi) is 5.68. The molecule has 2 aliphatic heterocycles. The van der Waals surface area contributed by atoms with E-state index in [9.17, 15) is 0 Å². The molecule has 1 aromatic carbocycles. The Morgan fingerprint density at radius 1 is 1.32 bits per heavy atom. The number of piperidine rings is 1. The van der Waals surface area contributed by atoms with Crippen LogP contribution in [0.4, 0.5) is 0 Å². The molecule has 1 spiro atoms. The van der Waals surface area contributed by atoms with Gasteiger partial charge in [-0.2, -0.15) is 0 Å². The molecule has 5 nitrogen and oxygen atoms in total. The zero-order valence-electron chi connectivity index (χ0n) is 16.7. The van der Waals surface area contributed by atoms with Crippen LogP contribution in [0.2, 0.25) is 0 Å². The molecular weight excluding hydrogens is 372 g/mol. The number of imidazole rings is 1. The van der Waals surface area contributed by atoms with Crippen molar-refractivity contribution in [3.8, 4) is 5.75 Å². The number of hydrogen-bond donors (Lipinski definition) is 1.